The van der Waals surface area contributed by atoms with Gasteiger partial charge in [-0.25, -0.2) is 4.39 Å². The molecule has 4 nitrogen and oxygen atoms in total. The smallest absolute Gasteiger partial charge is 0.308 e. The number of aliphatic carboxylic acids is 1. The van der Waals surface area contributed by atoms with Gasteiger partial charge >= 0.3 is 5.97 Å². The van der Waals surface area contributed by atoms with Crippen molar-refractivity contribution in [3.63, 3.8) is 0 Å². The van der Waals surface area contributed by atoms with E-state index in [1.165, 1.54) is 12.1 Å². The molecule has 1 aliphatic rings. The van der Waals surface area contributed by atoms with Gasteiger partial charge < -0.3 is 10.0 Å². The number of piperidine rings is 1. The fourth-order valence-electron chi connectivity index (χ4n) is 2.57. The van der Waals surface area contributed by atoms with Crippen molar-refractivity contribution >= 4 is 11.9 Å². The maximum atomic E-state index is 13.2. The molecule has 0 saturated carbocycles. The Morgan fingerprint density at radius 1 is 1.45 bits per heavy atom. The van der Waals surface area contributed by atoms with Crippen LogP contribution in [0.25, 0.3) is 0 Å². The number of rotatable bonds is 3. The third kappa shape index (κ3) is 3.15. The largest absolute Gasteiger partial charge is 0.481 e. The molecule has 1 amide bonds. The van der Waals surface area contributed by atoms with Crippen molar-refractivity contribution in [2.75, 3.05) is 13.1 Å². The molecule has 2 unspecified atom stereocenters. The van der Waals surface area contributed by atoms with Crippen LogP contribution < -0.4 is 0 Å². The number of carbonyl (C=O) groups excluding carboxylic acids is 1. The van der Waals surface area contributed by atoms with Crippen LogP contribution >= 0.6 is 0 Å². The van der Waals surface area contributed by atoms with E-state index in [4.69, 9.17) is 5.11 Å². The first-order chi connectivity index (χ1) is 9.49. The molecule has 0 aromatic heterocycles. The van der Waals surface area contributed by atoms with Crippen molar-refractivity contribution in [1.82, 2.24) is 4.90 Å². The highest BCUT2D eigenvalue weighted by atomic mass is 19.1. The highest BCUT2D eigenvalue weighted by Gasteiger charge is 2.30. The Labute approximate surface area is 117 Å². The average Bonchev–Trinajstić information content (AvgIpc) is 2.45. The molecule has 0 radical (unpaired) electrons. The Morgan fingerprint density at radius 3 is 2.85 bits per heavy atom. The fraction of sp³-hybridized carbons (Fsp3) is 0.467. The van der Waals surface area contributed by atoms with E-state index in [1.54, 1.807) is 24.0 Å². The van der Waals surface area contributed by atoms with Crippen molar-refractivity contribution in [1.29, 1.82) is 0 Å². The number of likely N-dealkylation sites (tertiary alicyclic amines) is 1. The number of carboxylic acid groups (broad SMARTS) is 1. The summed E-state index contributed by atoms with van der Waals surface area (Å²) in [4.78, 5) is 25.0. The minimum Gasteiger partial charge on any atom is -0.481 e. The maximum absolute atomic E-state index is 13.2. The van der Waals surface area contributed by atoms with Gasteiger partial charge in [0.1, 0.15) is 5.82 Å². The molecule has 2 atom stereocenters. The molecule has 1 aromatic carbocycles. The lowest BCUT2D eigenvalue weighted by atomic mass is 9.94. The first-order valence-electron chi connectivity index (χ1n) is 6.76. The second kappa shape index (κ2) is 6.03. The van der Waals surface area contributed by atoms with Gasteiger partial charge in [-0.2, -0.15) is 0 Å². The summed E-state index contributed by atoms with van der Waals surface area (Å²) in [6, 6.07) is 5.97. The van der Waals surface area contributed by atoms with Crippen molar-refractivity contribution < 1.29 is 19.1 Å². The van der Waals surface area contributed by atoms with E-state index in [1.807, 2.05) is 0 Å². The number of carboxylic acids is 1. The topological polar surface area (TPSA) is 57.6 Å². The van der Waals surface area contributed by atoms with Gasteiger partial charge in [0.15, 0.2) is 0 Å². The van der Waals surface area contributed by atoms with Gasteiger partial charge in [0.2, 0.25) is 5.91 Å². The fourth-order valence-corrected chi connectivity index (χ4v) is 2.57. The Kier molecular flexibility index (Phi) is 4.37. The molecule has 5 heteroatoms. The van der Waals surface area contributed by atoms with Crippen LogP contribution in [-0.2, 0) is 9.59 Å². The molecule has 108 valence electrons. The SMILES string of the molecule is CC(C(=O)N1CCCC(C(=O)O)C1)c1cccc(F)c1. The molecule has 0 spiro atoms. The van der Waals surface area contributed by atoms with Crippen LogP contribution in [0.3, 0.4) is 0 Å². The van der Waals surface area contributed by atoms with E-state index in [2.05, 4.69) is 0 Å². The lowest BCUT2D eigenvalue weighted by molar-refractivity contribution is -0.146. The molecular formula is C15H18FNO3. The summed E-state index contributed by atoms with van der Waals surface area (Å²) in [5.74, 6) is -2.32. The van der Waals surface area contributed by atoms with E-state index in [0.717, 1.165) is 0 Å². The number of hydrogen-bond donors (Lipinski definition) is 1. The lowest BCUT2D eigenvalue weighted by Gasteiger charge is -2.32. The predicted octanol–water partition coefficient (Wildman–Crippen LogP) is 2.25. The normalized spacial score (nSPS) is 20.5. The number of amides is 1. The monoisotopic (exact) mass is 279 g/mol. The zero-order valence-electron chi connectivity index (χ0n) is 11.4. The summed E-state index contributed by atoms with van der Waals surface area (Å²) in [5, 5.41) is 9.04. The summed E-state index contributed by atoms with van der Waals surface area (Å²) in [6.45, 7) is 2.54. The van der Waals surface area contributed by atoms with Crippen LogP contribution in [-0.4, -0.2) is 35.0 Å². The second-order valence-electron chi connectivity index (χ2n) is 5.24. The van der Waals surface area contributed by atoms with Crippen LogP contribution in [0.4, 0.5) is 4.39 Å². The molecule has 1 saturated heterocycles. The van der Waals surface area contributed by atoms with E-state index in [0.29, 0.717) is 24.9 Å². The standard InChI is InChI=1S/C15H18FNO3/c1-10(11-4-2-6-13(16)8-11)14(18)17-7-3-5-12(9-17)15(19)20/h2,4,6,8,10,12H,3,5,7,9H2,1H3,(H,19,20). The van der Waals surface area contributed by atoms with Gasteiger partial charge in [-0.15, -0.1) is 0 Å². The average molecular weight is 279 g/mol. The molecule has 1 aromatic rings. The van der Waals surface area contributed by atoms with Gasteiger partial charge in [-0.05, 0) is 37.5 Å². The number of nitrogens with zero attached hydrogens (tertiary/aromatic N) is 1. The molecule has 20 heavy (non-hydrogen) atoms. The van der Waals surface area contributed by atoms with Gasteiger partial charge in [0.05, 0.1) is 11.8 Å². The molecule has 1 aliphatic heterocycles. The first kappa shape index (κ1) is 14.5. The number of hydrogen-bond acceptors (Lipinski definition) is 2. The van der Waals surface area contributed by atoms with E-state index in [9.17, 15) is 14.0 Å². The van der Waals surface area contributed by atoms with Crippen LogP contribution in [0.15, 0.2) is 24.3 Å². The van der Waals surface area contributed by atoms with Gasteiger partial charge in [0, 0.05) is 13.1 Å². The summed E-state index contributed by atoms with van der Waals surface area (Å²) in [6.07, 6.45) is 1.30. The van der Waals surface area contributed by atoms with Crippen molar-refractivity contribution in [2.45, 2.75) is 25.7 Å². The minimum absolute atomic E-state index is 0.137. The van der Waals surface area contributed by atoms with Crippen molar-refractivity contribution in [3.05, 3.63) is 35.6 Å². The third-order valence-electron chi connectivity index (χ3n) is 3.80. The summed E-state index contributed by atoms with van der Waals surface area (Å²) < 4.78 is 13.2. The van der Waals surface area contributed by atoms with Crippen molar-refractivity contribution in [3.8, 4) is 0 Å². The maximum Gasteiger partial charge on any atom is 0.308 e. The summed E-state index contributed by atoms with van der Waals surface area (Å²) in [5.41, 5.74) is 0.618. The second-order valence-corrected chi connectivity index (χ2v) is 5.24. The third-order valence-corrected chi connectivity index (χ3v) is 3.80. The molecule has 1 heterocycles. The number of carbonyl (C=O) groups is 2. The first-order valence-corrected chi connectivity index (χ1v) is 6.76. The highest BCUT2D eigenvalue weighted by molar-refractivity contribution is 5.84. The Hall–Kier alpha value is -1.91. The Bertz CT molecular complexity index is 518. The molecule has 1 N–H and O–H groups in total. The minimum atomic E-state index is -0.860. The zero-order valence-corrected chi connectivity index (χ0v) is 11.4. The summed E-state index contributed by atoms with van der Waals surface area (Å²) in [7, 11) is 0. The molecule has 0 bridgehead atoms. The quantitative estimate of drug-likeness (QED) is 0.923. The van der Waals surface area contributed by atoms with E-state index in [-0.39, 0.29) is 18.3 Å². The predicted molar refractivity (Wildman–Crippen MR) is 71.8 cm³/mol. The van der Waals surface area contributed by atoms with Gasteiger partial charge in [0.25, 0.3) is 0 Å². The Morgan fingerprint density at radius 2 is 2.20 bits per heavy atom. The lowest BCUT2D eigenvalue weighted by Crippen LogP contribution is -2.43. The van der Waals surface area contributed by atoms with E-state index >= 15 is 0 Å². The summed E-state index contributed by atoms with van der Waals surface area (Å²) >= 11 is 0. The zero-order chi connectivity index (χ0) is 14.7. The van der Waals surface area contributed by atoms with Crippen LogP contribution in [0.1, 0.15) is 31.2 Å². The van der Waals surface area contributed by atoms with E-state index < -0.39 is 17.8 Å². The van der Waals surface area contributed by atoms with Gasteiger partial charge in [-0.1, -0.05) is 12.1 Å². The van der Waals surface area contributed by atoms with Crippen molar-refractivity contribution in [2.24, 2.45) is 5.92 Å². The van der Waals surface area contributed by atoms with Crippen LogP contribution in [0.5, 0.6) is 0 Å². The number of benzene rings is 1. The highest BCUT2D eigenvalue weighted by Crippen LogP contribution is 2.23. The molecule has 2 rings (SSSR count). The number of halogens is 1. The Balaban J connectivity index is 2.08. The van der Waals surface area contributed by atoms with Gasteiger partial charge in [-0.3, -0.25) is 9.59 Å². The molecular weight excluding hydrogens is 261 g/mol. The van der Waals surface area contributed by atoms with Crippen LogP contribution in [0.2, 0.25) is 0 Å². The molecule has 1 fully saturated rings. The molecule has 0 aliphatic carbocycles. The van der Waals surface area contributed by atoms with Crippen LogP contribution in [0, 0.1) is 11.7 Å².